The number of non-ortho nitro benzene ring substituents is 1. The molecule has 0 aliphatic heterocycles. The predicted molar refractivity (Wildman–Crippen MR) is 71.9 cm³/mol. The van der Waals surface area contributed by atoms with Crippen molar-refractivity contribution in [3.05, 3.63) is 39.4 Å². The van der Waals surface area contributed by atoms with Gasteiger partial charge in [-0.1, -0.05) is 17.8 Å². The van der Waals surface area contributed by atoms with Crippen LogP contribution in [0.15, 0.2) is 18.2 Å². The molecule has 0 radical (unpaired) electrons. The van der Waals surface area contributed by atoms with Crippen LogP contribution in [0.5, 0.6) is 0 Å². The van der Waals surface area contributed by atoms with Crippen molar-refractivity contribution < 1.29 is 19.9 Å². The number of carbonyl (C=O) groups excluding carboxylic acids is 1. The normalized spacial score (nSPS) is 13.9. The van der Waals surface area contributed by atoms with E-state index in [1.807, 2.05) is 0 Å². The van der Waals surface area contributed by atoms with Crippen LogP contribution < -0.4 is 0 Å². The number of rotatable bonds is 5. The molecule has 0 aliphatic rings. The molecule has 1 rings (SSSR count). The van der Waals surface area contributed by atoms with Crippen molar-refractivity contribution in [2.75, 3.05) is 5.75 Å². The minimum Gasteiger partial charge on any atom is -0.389 e. The van der Waals surface area contributed by atoms with E-state index in [-0.39, 0.29) is 16.6 Å². The Balaban J connectivity index is 2.91. The van der Waals surface area contributed by atoms with Crippen LogP contribution in [-0.4, -0.2) is 32.1 Å². The molecule has 0 aromatic heterocycles. The van der Waals surface area contributed by atoms with Crippen LogP contribution in [0.3, 0.4) is 0 Å². The van der Waals surface area contributed by atoms with E-state index in [0.29, 0.717) is 11.1 Å². The second-order valence-electron chi connectivity index (χ2n) is 4.11. The number of hydrogen-bond donors (Lipinski definition) is 2. The molecule has 6 nitrogen and oxygen atoms in total. The highest BCUT2D eigenvalue weighted by Crippen LogP contribution is 2.26. The van der Waals surface area contributed by atoms with Crippen molar-refractivity contribution in [3.63, 3.8) is 0 Å². The zero-order valence-corrected chi connectivity index (χ0v) is 11.4. The summed E-state index contributed by atoms with van der Waals surface area (Å²) in [5.41, 5.74) is 0.793. The van der Waals surface area contributed by atoms with E-state index in [2.05, 4.69) is 0 Å². The number of hydrogen-bond acceptors (Lipinski definition) is 6. The number of carbonyl (C=O) groups is 1. The van der Waals surface area contributed by atoms with Gasteiger partial charge >= 0.3 is 0 Å². The van der Waals surface area contributed by atoms with E-state index in [4.69, 9.17) is 0 Å². The van der Waals surface area contributed by atoms with Gasteiger partial charge in [-0.2, -0.15) is 0 Å². The summed E-state index contributed by atoms with van der Waals surface area (Å²) < 4.78 is 0. The minimum absolute atomic E-state index is 0.0403. The molecule has 2 N–H and O–H groups in total. The van der Waals surface area contributed by atoms with Gasteiger partial charge in [0, 0.05) is 24.8 Å². The molecular weight excluding hydrogens is 270 g/mol. The lowest BCUT2D eigenvalue weighted by atomic mass is 9.99. The summed E-state index contributed by atoms with van der Waals surface area (Å²) in [6, 6.07) is 4.09. The summed E-state index contributed by atoms with van der Waals surface area (Å²) in [7, 11) is 0. The van der Waals surface area contributed by atoms with Gasteiger partial charge in [0.15, 0.2) is 5.12 Å². The Morgan fingerprint density at radius 3 is 2.63 bits per heavy atom. The van der Waals surface area contributed by atoms with Gasteiger partial charge < -0.3 is 10.2 Å². The molecule has 0 aliphatic carbocycles. The van der Waals surface area contributed by atoms with Crippen LogP contribution in [0.1, 0.15) is 24.2 Å². The van der Waals surface area contributed by atoms with E-state index in [1.54, 1.807) is 6.92 Å². The highest BCUT2D eigenvalue weighted by Gasteiger charge is 2.22. The van der Waals surface area contributed by atoms with Crippen LogP contribution in [0.2, 0.25) is 0 Å². The van der Waals surface area contributed by atoms with Crippen LogP contribution in [-0.2, 0) is 4.79 Å². The summed E-state index contributed by atoms with van der Waals surface area (Å²) in [6.07, 6.45) is -2.42. The van der Waals surface area contributed by atoms with Crippen LogP contribution >= 0.6 is 11.8 Å². The quantitative estimate of drug-likeness (QED) is 0.629. The largest absolute Gasteiger partial charge is 0.389 e. The average molecular weight is 285 g/mol. The topological polar surface area (TPSA) is 101 Å². The molecule has 0 fully saturated rings. The zero-order chi connectivity index (χ0) is 14.6. The number of nitro groups is 1. The molecule has 2 unspecified atom stereocenters. The molecule has 0 heterocycles. The zero-order valence-electron chi connectivity index (χ0n) is 10.6. The molecule has 0 amide bonds. The third-order valence-electron chi connectivity index (χ3n) is 2.61. The van der Waals surface area contributed by atoms with E-state index in [1.165, 1.54) is 25.1 Å². The first-order chi connectivity index (χ1) is 8.82. The van der Waals surface area contributed by atoms with Crippen molar-refractivity contribution in [3.8, 4) is 0 Å². The molecular formula is C12H15NO5S. The highest BCUT2D eigenvalue weighted by atomic mass is 32.2. The predicted octanol–water partition coefficient (Wildman–Crippen LogP) is 1.58. The molecule has 0 spiro atoms. The van der Waals surface area contributed by atoms with Crippen LogP contribution in [0, 0.1) is 17.0 Å². The lowest BCUT2D eigenvalue weighted by Crippen LogP contribution is -2.22. The SMILES string of the molecule is CC(=O)SCC(O)C(O)c1cc([N+](=O)[O-])ccc1C. The first-order valence-electron chi connectivity index (χ1n) is 5.57. The van der Waals surface area contributed by atoms with E-state index in [9.17, 15) is 25.1 Å². The lowest BCUT2D eigenvalue weighted by molar-refractivity contribution is -0.385. The number of nitro benzene ring substituents is 1. The number of aliphatic hydroxyl groups excluding tert-OH is 2. The Labute approximate surface area is 114 Å². The fourth-order valence-electron chi connectivity index (χ4n) is 1.56. The van der Waals surface area contributed by atoms with Gasteiger partial charge in [0.05, 0.1) is 11.0 Å². The summed E-state index contributed by atoms with van der Waals surface area (Å²) >= 11 is 0.896. The third kappa shape index (κ3) is 4.30. The molecule has 0 saturated heterocycles. The van der Waals surface area contributed by atoms with Gasteiger partial charge in [-0.3, -0.25) is 14.9 Å². The maximum absolute atomic E-state index is 10.8. The van der Waals surface area contributed by atoms with Gasteiger partial charge in [-0.25, -0.2) is 0 Å². The maximum atomic E-state index is 10.8. The fourth-order valence-corrected chi connectivity index (χ4v) is 2.15. The molecule has 0 bridgehead atoms. The third-order valence-corrected chi connectivity index (χ3v) is 3.53. The summed E-state index contributed by atoms with van der Waals surface area (Å²) in [5.74, 6) is 0.0403. The van der Waals surface area contributed by atoms with Crippen molar-refractivity contribution in [1.82, 2.24) is 0 Å². The van der Waals surface area contributed by atoms with Gasteiger partial charge in [0.2, 0.25) is 0 Å². The van der Waals surface area contributed by atoms with E-state index in [0.717, 1.165) is 11.8 Å². The highest BCUT2D eigenvalue weighted by molar-refractivity contribution is 8.13. The van der Waals surface area contributed by atoms with E-state index >= 15 is 0 Å². The van der Waals surface area contributed by atoms with E-state index < -0.39 is 17.1 Å². The lowest BCUT2D eigenvalue weighted by Gasteiger charge is -2.19. The standard InChI is InChI=1S/C12H15NO5S/c1-7-3-4-9(13(17)18)5-10(7)12(16)11(15)6-19-8(2)14/h3-5,11-12,15-16H,6H2,1-2H3. The Bertz CT molecular complexity index is 491. The first kappa shape index (κ1) is 15.6. The van der Waals surface area contributed by atoms with Crippen LogP contribution in [0.25, 0.3) is 0 Å². The second kappa shape index (κ2) is 6.65. The van der Waals surface area contributed by atoms with Crippen molar-refractivity contribution in [2.24, 2.45) is 0 Å². The number of aliphatic hydroxyl groups is 2. The molecule has 0 saturated carbocycles. The molecule has 1 aromatic rings. The average Bonchev–Trinajstić information content (AvgIpc) is 2.35. The molecule has 7 heteroatoms. The van der Waals surface area contributed by atoms with Crippen molar-refractivity contribution in [2.45, 2.75) is 26.1 Å². The Hall–Kier alpha value is -1.44. The Kier molecular flexibility index (Phi) is 5.46. The van der Waals surface area contributed by atoms with Crippen LogP contribution in [0.4, 0.5) is 5.69 Å². The van der Waals surface area contributed by atoms with Crippen molar-refractivity contribution in [1.29, 1.82) is 0 Å². The Morgan fingerprint density at radius 1 is 1.47 bits per heavy atom. The minimum atomic E-state index is -1.26. The summed E-state index contributed by atoms with van der Waals surface area (Å²) in [5, 5.41) is 30.3. The smallest absolute Gasteiger partial charge is 0.269 e. The number of nitrogens with zero attached hydrogens (tertiary/aromatic N) is 1. The number of thioether (sulfide) groups is 1. The number of aryl methyl sites for hydroxylation is 1. The van der Waals surface area contributed by atoms with Crippen molar-refractivity contribution >= 4 is 22.6 Å². The Morgan fingerprint density at radius 2 is 2.11 bits per heavy atom. The molecule has 19 heavy (non-hydrogen) atoms. The summed E-state index contributed by atoms with van der Waals surface area (Å²) in [4.78, 5) is 20.9. The summed E-state index contributed by atoms with van der Waals surface area (Å²) in [6.45, 7) is 3.05. The second-order valence-corrected chi connectivity index (χ2v) is 5.31. The molecule has 104 valence electrons. The van der Waals surface area contributed by atoms with Gasteiger partial charge in [-0.15, -0.1) is 0 Å². The van der Waals surface area contributed by atoms with Gasteiger partial charge in [0.25, 0.3) is 5.69 Å². The molecule has 1 aromatic carbocycles. The van der Waals surface area contributed by atoms with Gasteiger partial charge in [0.1, 0.15) is 6.10 Å². The first-order valence-corrected chi connectivity index (χ1v) is 6.56. The number of benzene rings is 1. The van der Waals surface area contributed by atoms with Gasteiger partial charge in [-0.05, 0) is 18.1 Å². The fraction of sp³-hybridized carbons (Fsp3) is 0.417. The monoisotopic (exact) mass is 285 g/mol. The maximum Gasteiger partial charge on any atom is 0.269 e. The molecule has 2 atom stereocenters.